The number of hydrogen-bond acceptors (Lipinski definition) is 3. The minimum absolute atomic E-state index is 0.116. The van der Waals surface area contributed by atoms with Gasteiger partial charge < -0.3 is 4.79 Å². The van der Waals surface area contributed by atoms with Crippen LogP contribution in [0, 0.1) is 27.9 Å². The van der Waals surface area contributed by atoms with Gasteiger partial charge in [-0.1, -0.05) is 23.7 Å². The van der Waals surface area contributed by atoms with E-state index in [4.69, 9.17) is 11.6 Å². The van der Waals surface area contributed by atoms with Gasteiger partial charge >= 0.3 is 0 Å². The summed E-state index contributed by atoms with van der Waals surface area (Å²) in [7, 11) is 0. The molecule has 4 nitrogen and oxygen atoms in total. The molecule has 2 rings (SSSR count). The molecule has 0 radical (unpaired) electrons. The molecule has 0 N–H and O–H groups in total. The van der Waals surface area contributed by atoms with E-state index in [0.29, 0.717) is 17.4 Å². The van der Waals surface area contributed by atoms with Gasteiger partial charge in [0, 0.05) is 21.8 Å². The molecule has 0 aliphatic heterocycles. The van der Waals surface area contributed by atoms with E-state index < -0.39 is 0 Å². The second kappa shape index (κ2) is 6.15. The summed E-state index contributed by atoms with van der Waals surface area (Å²) in [4.78, 5) is 21.7. The van der Waals surface area contributed by atoms with Crippen LogP contribution < -0.4 is 0 Å². The fraction of sp³-hybridized carbons (Fsp3) is 0.500. The van der Waals surface area contributed by atoms with Crippen LogP contribution in [0.4, 0.5) is 0 Å². The lowest BCUT2D eigenvalue weighted by molar-refractivity contribution is -0.490. The van der Waals surface area contributed by atoms with E-state index in [2.05, 4.69) is 0 Å². The van der Waals surface area contributed by atoms with Gasteiger partial charge in [-0.15, -0.1) is 0 Å². The fourth-order valence-electron chi connectivity index (χ4n) is 2.57. The first kappa shape index (κ1) is 14.0. The molecule has 1 saturated carbocycles. The van der Waals surface area contributed by atoms with Crippen LogP contribution in [0.15, 0.2) is 24.3 Å². The second-order valence-electron chi connectivity index (χ2n) is 5.15. The molecule has 0 amide bonds. The number of benzene rings is 1. The third kappa shape index (κ3) is 4.03. The lowest BCUT2D eigenvalue weighted by atomic mass is 9.84. The van der Waals surface area contributed by atoms with Gasteiger partial charge in [0.25, 0.3) is 0 Å². The van der Waals surface area contributed by atoms with Crippen LogP contribution in [0.25, 0.3) is 0 Å². The van der Waals surface area contributed by atoms with Crippen molar-refractivity contribution in [3.8, 4) is 0 Å². The predicted molar refractivity (Wildman–Crippen MR) is 72.8 cm³/mol. The minimum atomic E-state index is -0.308. The molecule has 1 aromatic rings. The van der Waals surface area contributed by atoms with E-state index in [1.165, 1.54) is 0 Å². The summed E-state index contributed by atoms with van der Waals surface area (Å²) in [6.07, 6.45) is 3.39. The molecule has 0 bridgehead atoms. The molecular weight excluding hydrogens is 266 g/mol. The van der Waals surface area contributed by atoms with Gasteiger partial charge in [0.05, 0.1) is 0 Å². The highest BCUT2D eigenvalue weighted by Gasteiger charge is 2.39. The first-order valence-electron chi connectivity index (χ1n) is 6.41. The zero-order chi connectivity index (χ0) is 13.8. The molecule has 0 spiro atoms. The van der Waals surface area contributed by atoms with E-state index in [-0.39, 0.29) is 23.3 Å². The number of aldehydes is 1. The summed E-state index contributed by atoms with van der Waals surface area (Å²) in [5, 5.41) is 11.4. The van der Waals surface area contributed by atoms with Crippen LogP contribution in [-0.4, -0.2) is 17.8 Å². The molecule has 19 heavy (non-hydrogen) atoms. The molecule has 0 heterocycles. The van der Waals surface area contributed by atoms with Crippen LogP contribution in [0.3, 0.4) is 0 Å². The zero-order valence-electron chi connectivity index (χ0n) is 10.5. The first-order valence-corrected chi connectivity index (χ1v) is 6.79. The lowest BCUT2D eigenvalue weighted by Crippen LogP contribution is -2.27. The van der Waals surface area contributed by atoms with Crippen molar-refractivity contribution in [2.45, 2.75) is 19.3 Å². The van der Waals surface area contributed by atoms with Crippen molar-refractivity contribution < 1.29 is 9.72 Å². The van der Waals surface area contributed by atoms with Gasteiger partial charge in [-0.25, -0.2) is 0 Å². The standard InChI is InChI=1S/C14H16ClNO3/c15-13-3-1-2-10(7-13)6-12(9-17)14(8-16(18)19)11-4-5-11/h1-3,7,9,11-12,14H,4-6,8H2. The Hall–Kier alpha value is -1.42. The highest BCUT2D eigenvalue weighted by atomic mass is 35.5. The molecule has 1 aliphatic rings. The van der Waals surface area contributed by atoms with Crippen LogP contribution in [-0.2, 0) is 11.2 Å². The minimum Gasteiger partial charge on any atom is -0.303 e. The summed E-state index contributed by atoms with van der Waals surface area (Å²) in [5.74, 6) is -0.109. The maximum atomic E-state index is 11.3. The van der Waals surface area contributed by atoms with Crippen molar-refractivity contribution in [1.29, 1.82) is 0 Å². The molecule has 5 heteroatoms. The quantitative estimate of drug-likeness (QED) is 0.438. The van der Waals surface area contributed by atoms with Gasteiger partial charge in [0.15, 0.2) is 0 Å². The largest absolute Gasteiger partial charge is 0.303 e. The van der Waals surface area contributed by atoms with Gasteiger partial charge in [-0.3, -0.25) is 10.1 Å². The molecular formula is C14H16ClNO3. The smallest absolute Gasteiger partial charge is 0.207 e. The van der Waals surface area contributed by atoms with Crippen molar-refractivity contribution in [3.05, 3.63) is 45.0 Å². The van der Waals surface area contributed by atoms with Crippen molar-refractivity contribution in [2.75, 3.05) is 6.54 Å². The molecule has 0 aromatic heterocycles. The molecule has 0 saturated heterocycles. The third-order valence-corrected chi connectivity index (χ3v) is 3.91. The summed E-state index contributed by atoms with van der Waals surface area (Å²) < 4.78 is 0. The number of halogens is 1. The van der Waals surface area contributed by atoms with Crippen molar-refractivity contribution in [2.24, 2.45) is 17.8 Å². The number of hydrogen-bond donors (Lipinski definition) is 0. The average Bonchev–Trinajstić information content (AvgIpc) is 3.17. The Morgan fingerprint density at radius 2 is 2.21 bits per heavy atom. The number of nitrogens with zero attached hydrogens (tertiary/aromatic N) is 1. The van der Waals surface area contributed by atoms with E-state index in [9.17, 15) is 14.9 Å². The SMILES string of the molecule is O=CC(Cc1cccc(Cl)c1)C(C[N+](=O)[O-])C1CC1. The lowest BCUT2D eigenvalue weighted by Gasteiger charge is -2.19. The number of rotatable bonds is 7. The first-order chi connectivity index (χ1) is 9.10. The van der Waals surface area contributed by atoms with E-state index >= 15 is 0 Å². The van der Waals surface area contributed by atoms with Crippen LogP contribution in [0.5, 0.6) is 0 Å². The van der Waals surface area contributed by atoms with Crippen molar-refractivity contribution in [1.82, 2.24) is 0 Å². The van der Waals surface area contributed by atoms with Crippen LogP contribution in [0.2, 0.25) is 5.02 Å². The van der Waals surface area contributed by atoms with Crippen LogP contribution in [0.1, 0.15) is 18.4 Å². The monoisotopic (exact) mass is 281 g/mol. The topological polar surface area (TPSA) is 60.2 Å². The van der Waals surface area contributed by atoms with Crippen molar-refractivity contribution >= 4 is 17.9 Å². The fourth-order valence-corrected chi connectivity index (χ4v) is 2.78. The number of carbonyl (C=O) groups excluding carboxylic acids is 1. The predicted octanol–water partition coefficient (Wildman–Crippen LogP) is 3.00. The Balaban J connectivity index is 2.09. The van der Waals surface area contributed by atoms with Crippen molar-refractivity contribution in [3.63, 3.8) is 0 Å². The van der Waals surface area contributed by atoms with E-state index in [1.54, 1.807) is 6.07 Å². The molecule has 1 fully saturated rings. The molecule has 2 unspecified atom stereocenters. The normalized spacial score (nSPS) is 17.7. The number of nitro groups is 1. The Morgan fingerprint density at radius 1 is 1.47 bits per heavy atom. The summed E-state index contributed by atoms with van der Waals surface area (Å²) in [6, 6.07) is 7.32. The number of carbonyl (C=O) groups is 1. The third-order valence-electron chi connectivity index (χ3n) is 3.67. The Labute approximate surface area is 116 Å². The highest BCUT2D eigenvalue weighted by Crippen LogP contribution is 2.41. The van der Waals surface area contributed by atoms with E-state index in [1.807, 2.05) is 18.2 Å². The Bertz CT molecular complexity index is 474. The Morgan fingerprint density at radius 3 is 2.74 bits per heavy atom. The summed E-state index contributed by atoms with van der Waals surface area (Å²) in [6.45, 7) is -0.116. The molecule has 2 atom stereocenters. The van der Waals surface area contributed by atoms with E-state index in [0.717, 1.165) is 24.7 Å². The maximum Gasteiger partial charge on any atom is 0.207 e. The molecule has 1 aromatic carbocycles. The van der Waals surface area contributed by atoms with Gasteiger partial charge in [0.2, 0.25) is 6.54 Å². The maximum absolute atomic E-state index is 11.3. The van der Waals surface area contributed by atoms with Gasteiger partial charge in [-0.2, -0.15) is 0 Å². The van der Waals surface area contributed by atoms with Gasteiger partial charge in [0.1, 0.15) is 6.29 Å². The highest BCUT2D eigenvalue weighted by molar-refractivity contribution is 6.30. The van der Waals surface area contributed by atoms with Gasteiger partial charge in [-0.05, 0) is 42.9 Å². The molecule has 1 aliphatic carbocycles. The average molecular weight is 282 g/mol. The summed E-state index contributed by atoms with van der Waals surface area (Å²) in [5.41, 5.74) is 0.957. The zero-order valence-corrected chi connectivity index (χ0v) is 11.3. The molecule has 102 valence electrons. The Kier molecular flexibility index (Phi) is 4.53. The van der Waals surface area contributed by atoms with Crippen LogP contribution >= 0.6 is 11.6 Å². The summed E-state index contributed by atoms with van der Waals surface area (Å²) >= 11 is 5.91. The second-order valence-corrected chi connectivity index (χ2v) is 5.59.